The van der Waals surface area contributed by atoms with Gasteiger partial charge in [0.15, 0.2) is 0 Å². The third-order valence-corrected chi connectivity index (χ3v) is 3.97. The molecule has 1 saturated heterocycles. The Labute approximate surface area is 132 Å². The number of nitrogens with zero attached hydrogens (tertiary/aromatic N) is 1. The number of unbranched alkanes of at least 4 members (excludes halogenated alkanes) is 2. The molecule has 0 bridgehead atoms. The van der Waals surface area contributed by atoms with Crippen molar-refractivity contribution < 1.29 is 14.3 Å². The van der Waals surface area contributed by atoms with Gasteiger partial charge in [0.1, 0.15) is 11.5 Å². The van der Waals surface area contributed by atoms with Crippen molar-refractivity contribution in [1.29, 1.82) is 0 Å². The number of carbonyl (C=O) groups is 2. The number of ketones is 1. The van der Waals surface area contributed by atoms with E-state index in [0.29, 0.717) is 39.0 Å². The zero-order valence-corrected chi connectivity index (χ0v) is 13.3. The minimum Gasteiger partial charge on any atom is -0.494 e. The average molecular weight is 303 g/mol. The van der Waals surface area contributed by atoms with Gasteiger partial charge in [-0.15, -0.1) is 0 Å². The molecular weight excluding hydrogens is 278 g/mol. The number of piperidine rings is 1. The Bertz CT molecular complexity index is 503. The van der Waals surface area contributed by atoms with Gasteiger partial charge in [-0.05, 0) is 43.9 Å². The molecule has 1 amide bonds. The van der Waals surface area contributed by atoms with E-state index in [0.717, 1.165) is 25.0 Å². The molecule has 120 valence electrons. The summed E-state index contributed by atoms with van der Waals surface area (Å²) in [6.07, 6.45) is 4.47. The van der Waals surface area contributed by atoms with Crippen LogP contribution >= 0.6 is 0 Å². The van der Waals surface area contributed by atoms with Crippen LogP contribution in [0.4, 0.5) is 0 Å². The van der Waals surface area contributed by atoms with E-state index in [1.165, 1.54) is 5.56 Å². The van der Waals surface area contributed by atoms with E-state index >= 15 is 0 Å². The highest BCUT2D eigenvalue weighted by molar-refractivity contribution is 5.83. The first-order chi connectivity index (χ1) is 10.6. The van der Waals surface area contributed by atoms with Crippen molar-refractivity contribution >= 4 is 11.7 Å². The van der Waals surface area contributed by atoms with E-state index in [9.17, 15) is 9.59 Å². The summed E-state index contributed by atoms with van der Waals surface area (Å²) in [6, 6.07) is 8.04. The molecule has 22 heavy (non-hydrogen) atoms. The second-order valence-electron chi connectivity index (χ2n) is 5.90. The van der Waals surface area contributed by atoms with Gasteiger partial charge in [0.05, 0.1) is 6.61 Å². The first-order valence-corrected chi connectivity index (χ1v) is 8.14. The highest BCUT2D eigenvalue weighted by Gasteiger charge is 2.19. The van der Waals surface area contributed by atoms with E-state index in [-0.39, 0.29) is 11.7 Å². The summed E-state index contributed by atoms with van der Waals surface area (Å²) in [7, 11) is 0. The lowest BCUT2D eigenvalue weighted by molar-refractivity contribution is -0.134. The lowest BCUT2D eigenvalue weighted by Crippen LogP contribution is -2.38. The van der Waals surface area contributed by atoms with Crippen molar-refractivity contribution in [1.82, 2.24) is 4.90 Å². The Morgan fingerprint density at radius 1 is 1.18 bits per heavy atom. The second kappa shape index (κ2) is 8.57. The van der Waals surface area contributed by atoms with Crippen molar-refractivity contribution in [3.63, 3.8) is 0 Å². The topological polar surface area (TPSA) is 46.6 Å². The van der Waals surface area contributed by atoms with Crippen LogP contribution in [0, 0.1) is 6.92 Å². The van der Waals surface area contributed by atoms with Crippen molar-refractivity contribution in [2.75, 3.05) is 19.7 Å². The fourth-order valence-corrected chi connectivity index (χ4v) is 2.61. The van der Waals surface area contributed by atoms with E-state index in [1.807, 2.05) is 36.1 Å². The van der Waals surface area contributed by atoms with Crippen LogP contribution in [0.5, 0.6) is 5.75 Å². The molecule has 1 aliphatic rings. The molecule has 1 aliphatic heterocycles. The Balaban J connectivity index is 1.54. The summed E-state index contributed by atoms with van der Waals surface area (Å²) in [5.41, 5.74) is 1.20. The third-order valence-electron chi connectivity index (χ3n) is 3.97. The predicted molar refractivity (Wildman–Crippen MR) is 86.0 cm³/mol. The number of hydrogen-bond donors (Lipinski definition) is 0. The Morgan fingerprint density at radius 2 is 1.95 bits per heavy atom. The minimum absolute atomic E-state index is 0.187. The zero-order chi connectivity index (χ0) is 15.8. The maximum absolute atomic E-state index is 12.0. The predicted octanol–water partition coefficient (Wildman–Crippen LogP) is 3.13. The molecule has 0 saturated carbocycles. The van der Waals surface area contributed by atoms with Crippen LogP contribution in [0.1, 0.15) is 44.1 Å². The smallest absolute Gasteiger partial charge is 0.222 e. The van der Waals surface area contributed by atoms with Gasteiger partial charge >= 0.3 is 0 Å². The second-order valence-corrected chi connectivity index (χ2v) is 5.90. The number of benzene rings is 1. The lowest BCUT2D eigenvalue weighted by atomic mass is 10.1. The number of hydrogen-bond acceptors (Lipinski definition) is 3. The summed E-state index contributed by atoms with van der Waals surface area (Å²) in [4.78, 5) is 25.0. The molecule has 1 aromatic carbocycles. The first-order valence-electron chi connectivity index (χ1n) is 8.14. The zero-order valence-electron chi connectivity index (χ0n) is 13.3. The molecule has 0 aliphatic carbocycles. The number of carbonyl (C=O) groups excluding carboxylic acids is 2. The number of amides is 1. The van der Waals surface area contributed by atoms with Crippen LogP contribution in [0.25, 0.3) is 0 Å². The normalized spacial score (nSPS) is 15.0. The van der Waals surface area contributed by atoms with Crippen LogP contribution in [0.3, 0.4) is 0 Å². The van der Waals surface area contributed by atoms with E-state index in [4.69, 9.17) is 4.74 Å². The van der Waals surface area contributed by atoms with Gasteiger partial charge in [-0.3, -0.25) is 9.59 Å². The first kappa shape index (κ1) is 16.5. The molecule has 0 unspecified atom stereocenters. The highest BCUT2D eigenvalue weighted by Crippen LogP contribution is 2.14. The molecular formula is C18H25NO3. The average Bonchev–Trinajstić information content (AvgIpc) is 2.51. The summed E-state index contributed by atoms with van der Waals surface area (Å²) in [6.45, 7) is 3.95. The van der Waals surface area contributed by atoms with Crippen molar-refractivity contribution in [2.45, 2.75) is 45.4 Å². The number of rotatable bonds is 7. The van der Waals surface area contributed by atoms with Gasteiger partial charge in [-0.2, -0.15) is 0 Å². The number of likely N-dealkylation sites (tertiary alicyclic amines) is 1. The molecule has 1 fully saturated rings. The van der Waals surface area contributed by atoms with Gasteiger partial charge in [0.2, 0.25) is 5.91 Å². The molecule has 4 heteroatoms. The monoisotopic (exact) mass is 303 g/mol. The molecule has 0 spiro atoms. The molecule has 4 nitrogen and oxygen atoms in total. The Morgan fingerprint density at radius 3 is 2.68 bits per heavy atom. The molecule has 0 radical (unpaired) electrons. The maximum atomic E-state index is 12.0. The molecule has 0 aromatic heterocycles. The minimum atomic E-state index is 0.187. The molecule has 2 rings (SSSR count). The van der Waals surface area contributed by atoms with Crippen LogP contribution in [-0.4, -0.2) is 36.3 Å². The number of ether oxygens (including phenoxy) is 1. The summed E-state index contributed by atoms with van der Waals surface area (Å²) < 4.78 is 5.69. The van der Waals surface area contributed by atoms with Crippen molar-refractivity contribution in [2.24, 2.45) is 0 Å². The Hall–Kier alpha value is -1.84. The van der Waals surface area contributed by atoms with Crippen LogP contribution in [-0.2, 0) is 9.59 Å². The van der Waals surface area contributed by atoms with Crippen LogP contribution < -0.4 is 4.74 Å². The molecule has 0 atom stereocenters. The third kappa shape index (κ3) is 5.51. The standard InChI is InChI=1S/C18H25NO3/c1-15-6-5-7-17(14-15)22-13-4-2-3-8-18(21)19-11-9-16(20)10-12-19/h5-7,14H,2-4,8-13H2,1H3. The van der Waals surface area contributed by atoms with E-state index in [2.05, 4.69) is 0 Å². The summed E-state index contributed by atoms with van der Waals surface area (Å²) in [5, 5.41) is 0. The van der Waals surface area contributed by atoms with Crippen molar-refractivity contribution in [3.8, 4) is 5.75 Å². The van der Waals surface area contributed by atoms with Gasteiger partial charge in [-0.1, -0.05) is 12.1 Å². The van der Waals surface area contributed by atoms with Gasteiger partial charge in [0.25, 0.3) is 0 Å². The van der Waals surface area contributed by atoms with E-state index < -0.39 is 0 Å². The largest absolute Gasteiger partial charge is 0.494 e. The van der Waals surface area contributed by atoms with Crippen LogP contribution in [0.15, 0.2) is 24.3 Å². The molecule has 0 N–H and O–H groups in total. The molecule has 1 heterocycles. The van der Waals surface area contributed by atoms with Crippen molar-refractivity contribution in [3.05, 3.63) is 29.8 Å². The quantitative estimate of drug-likeness (QED) is 0.727. The van der Waals surface area contributed by atoms with Gasteiger partial charge in [0, 0.05) is 32.4 Å². The number of aryl methyl sites for hydroxylation is 1. The SMILES string of the molecule is Cc1cccc(OCCCCCC(=O)N2CCC(=O)CC2)c1. The molecule has 1 aromatic rings. The van der Waals surface area contributed by atoms with Gasteiger partial charge < -0.3 is 9.64 Å². The lowest BCUT2D eigenvalue weighted by Gasteiger charge is -2.26. The fraction of sp³-hybridized carbons (Fsp3) is 0.556. The maximum Gasteiger partial charge on any atom is 0.222 e. The van der Waals surface area contributed by atoms with E-state index in [1.54, 1.807) is 0 Å². The summed E-state index contributed by atoms with van der Waals surface area (Å²) >= 11 is 0. The summed E-state index contributed by atoms with van der Waals surface area (Å²) in [5.74, 6) is 1.37. The van der Waals surface area contributed by atoms with Gasteiger partial charge in [-0.25, -0.2) is 0 Å². The fourth-order valence-electron chi connectivity index (χ4n) is 2.61. The van der Waals surface area contributed by atoms with Crippen LogP contribution in [0.2, 0.25) is 0 Å². The Kier molecular flexibility index (Phi) is 6.44. The number of Topliss-reactive ketones (excluding diaryl/α,β-unsaturated/α-hetero) is 1. The highest BCUT2D eigenvalue weighted by atomic mass is 16.5.